The molecule has 0 atom stereocenters. The number of alkyl halides is 3. The summed E-state index contributed by atoms with van der Waals surface area (Å²) in [5.41, 5.74) is 0. The van der Waals surface area contributed by atoms with E-state index in [1.165, 1.54) is 0 Å². The third kappa shape index (κ3) is 13.1. The first-order chi connectivity index (χ1) is 3.56. The molecular weight excluding hydrogens is 333 g/mol. The molecule has 0 amide bonds. The molecule has 1 nitrogen and oxygen atoms in total. The molecule has 0 radical (unpaired) electrons. The summed E-state index contributed by atoms with van der Waals surface area (Å²) < 4.78 is 3.55. The average Bonchev–Trinajstić information content (AvgIpc) is 1.59. The van der Waals surface area contributed by atoms with Gasteiger partial charge in [0.15, 0.2) is 0 Å². The van der Waals surface area contributed by atoms with Gasteiger partial charge in [-0.15, -0.1) is 0 Å². The number of ether oxygens (including phenoxy) is 1. The summed E-state index contributed by atoms with van der Waals surface area (Å²) in [7, 11) is 0. The fourth-order valence-corrected chi connectivity index (χ4v) is 0.449. The molecule has 0 aromatic rings. The van der Waals surface area contributed by atoms with Crippen molar-refractivity contribution >= 4 is 34.8 Å². The number of hydrogen-bond donors (Lipinski definition) is 0. The molecule has 0 fully saturated rings. The van der Waals surface area contributed by atoms with Crippen LogP contribution < -0.4 is 0 Å². The van der Waals surface area contributed by atoms with Crippen molar-refractivity contribution < 1.29 is 42.9 Å². The second kappa shape index (κ2) is 6.79. The first kappa shape index (κ1) is 13.7. The van der Waals surface area contributed by atoms with E-state index in [0.29, 0.717) is 6.61 Å². The fourth-order valence-electron chi connectivity index (χ4n) is 0.218. The molecule has 0 saturated heterocycles. The van der Waals surface area contributed by atoms with Crippen molar-refractivity contribution in [2.45, 2.75) is 10.7 Å². The fraction of sp³-hybridized carbons (Fsp3) is 1.00. The van der Waals surface area contributed by atoms with E-state index in [-0.39, 0.29) is 44.8 Å². The van der Waals surface area contributed by atoms with Crippen LogP contribution in [0.4, 0.5) is 0 Å². The Balaban J connectivity index is 0. The van der Waals surface area contributed by atoms with Gasteiger partial charge in [-0.1, -0.05) is 34.8 Å². The molecule has 0 aromatic heterocycles. The second-order valence-corrected chi connectivity index (χ2v) is 3.77. The zero-order valence-corrected chi connectivity index (χ0v) is 9.07. The zero-order valence-electron chi connectivity index (χ0n) is 4.77. The predicted molar refractivity (Wildman–Crippen MR) is 36.8 cm³/mol. The van der Waals surface area contributed by atoms with Gasteiger partial charge in [-0.3, -0.25) is 0 Å². The molecule has 0 heterocycles. The molecule has 60 valence electrons. The molecule has 0 rings (SSSR count). The van der Waals surface area contributed by atoms with Gasteiger partial charge in [-0.2, -0.15) is 0 Å². The van der Waals surface area contributed by atoms with Crippen LogP contribution in [0.5, 0.6) is 0 Å². The van der Waals surface area contributed by atoms with E-state index < -0.39 is 3.79 Å². The summed E-state index contributed by atoms with van der Waals surface area (Å²) in [6.45, 7) is 2.58. The molecular formula is C4H7Cl3DyO. The molecule has 0 N–H and O–H groups in total. The maximum atomic E-state index is 5.32. The van der Waals surface area contributed by atoms with Crippen molar-refractivity contribution in [1.82, 2.24) is 0 Å². The molecule has 0 spiro atoms. The summed E-state index contributed by atoms with van der Waals surface area (Å²) in [5, 5.41) is 0. The molecule has 0 aliphatic carbocycles. The SMILES string of the molecule is CCOCC(Cl)(Cl)Cl.[Dy]. The van der Waals surface area contributed by atoms with Gasteiger partial charge in [0.05, 0.1) is 6.61 Å². The Morgan fingerprint density at radius 3 is 1.89 bits per heavy atom. The van der Waals surface area contributed by atoms with Crippen LogP contribution in [0.1, 0.15) is 6.92 Å². The van der Waals surface area contributed by atoms with Crippen molar-refractivity contribution in [3.63, 3.8) is 0 Å². The number of halogens is 3. The predicted octanol–water partition coefficient (Wildman–Crippen LogP) is 2.39. The van der Waals surface area contributed by atoms with Crippen molar-refractivity contribution in [1.29, 1.82) is 0 Å². The minimum atomic E-state index is -1.25. The van der Waals surface area contributed by atoms with Crippen LogP contribution in [0, 0.1) is 38.2 Å². The zero-order chi connectivity index (χ0) is 6.62. The Morgan fingerprint density at radius 2 is 1.78 bits per heavy atom. The van der Waals surface area contributed by atoms with Crippen LogP contribution in [0.15, 0.2) is 0 Å². The molecule has 0 aliphatic heterocycles. The summed E-state index contributed by atoms with van der Waals surface area (Å²) in [6.07, 6.45) is 0. The molecule has 0 saturated carbocycles. The van der Waals surface area contributed by atoms with E-state index >= 15 is 0 Å². The third-order valence-electron chi connectivity index (χ3n) is 0.470. The Morgan fingerprint density at radius 1 is 1.33 bits per heavy atom. The van der Waals surface area contributed by atoms with Crippen LogP contribution in [0.2, 0.25) is 0 Å². The van der Waals surface area contributed by atoms with E-state index in [1.54, 1.807) is 0 Å². The van der Waals surface area contributed by atoms with Gasteiger partial charge < -0.3 is 4.74 Å². The van der Waals surface area contributed by atoms with Gasteiger partial charge in [0.25, 0.3) is 0 Å². The molecule has 0 bridgehead atoms. The Hall–Kier alpha value is 2.10. The van der Waals surface area contributed by atoms with Crippen LogP contribution in [-0.4, -0.2) is 17.0 Å². The van der Waals surface area contributed by atoms with E-state index in [0.717, 1.165) is 0 Å². The second-order valence-electron chi connectivity index (χ2n) is 1.25. The number of hydrogen-bond acceptors (Lipinski definition) is 1. The number of rotatable bonds is 2. The first-order valence-electron chi connectivity index (χ1n) is 2.20. The Bertz CT molecular complexity index is 63.3. The van der Waals surface area contributed by atoms with Crippen LogP contribution >= 0.6 is 34.8 Å². The van der Waals surface area contributed by atoms with E-state index in [1.807, 2.05) is 6.92 Å². The van der Waals surface area contributed by atoms with Gasteiger partial charge in [0, 0.05) is 44.8 Å². The quantitative estimate of drug-likeness (QED) is 0.702. The molecule has 5 heteroatoms. The minimum absolute atomic E-state index is 0. The Labute approximate surface area is 100 Å². The van der Waals surface area contributed by atoms with Crippen molar-refractivity contribution in [3.8, 4) is 0 Å². The molecule has 0 unspecified atom stereocenters. The topological polar surface area (TPSA) is 9.23 Å². The third-order valence-corrected chi connectivity index (χ3v) is 0.797. The maximum Gasteiger partial charge on any atom is 0.213 e. The summed E-state index contributed by atoms with van der Waals surface area (Å²) in [5.74, 6) is 0. The maximum absolute atomic E-state index is 5.32. The summed E-state index contributed by atoms with van der Waals surface area (Å²) >= 11 is 16.0. The summed E-state index contributed by atoms with van der Waals surface area (Å²) in [4.78, 5) is 0. The van der Waals surface area contributed by atoms with Gasteiger partial charge in [0.2, 0.25) is 3.79 Å². The molecule has 9 heavy (non-hydrogen) atoms. The normalized spacial score (nSPS) is 10.7. The van der Waals surface area contributed by atoms with Gasteiger partial charge >= 0.3 is 0 Å². The van der Waals surface area contributed by atoms with Crippen molar-refractivity contribution in [2.75, 3.05) is 13.2 Å². The average molecular weight is 340 g/mol. The molecule has 0 aromatic carbocycles. The van der Waals surface area contributed by atoms with Crippen LogP contribution in [0.3, 0.4) is 0 Å². The van der Waals surface area contributed by atoms with Gasteiger partial charge in [0.1, 0.15) is 0 Å². The largest absolute Gasteiger partial charge is 0.377 e. The molecule has 0 aliphatic rings. The smallest absolute Gasteiger partial charge is 0.213 e. The van der Waals surface area contributed by atoms with E-state index in [9.17, 15) is 0 Å². The van der Waals surface area contributed by atoms with Gasteiger partial charge in [-0.05, 0) is 6.92 Å². The Kier molecular flexibility index (Phi) is 10.3. The minimum Gasteiger partial charge on any atom is -0.377 e. The van der Waals surface area contributed by atoms with Crippen molar-refractivity contribution in [3.05, 3.63) is 0 Å². The van der Waals surface area contributed by atoms with Gasteiger partial charge in [-0.25, -0.2) is 0 Å². The monoisotopic (exact) mass is 340 g/mol. The van der Waals surface area contributed by atoms with E-state index in [4.69, 9.17) is 39.5 Å². The van der Waals surface area contributed by atoms with E-state index in [2.05, 4.69) is 0 Å². The summed E-state index contributed by atoms with van der Waals surface area (Å²) in [6, 6.07) is 0. The van der Waals surface area contributed by atoms with Crippen LogP contribution in [-0.2, 0) is 4.74 Å². The standard InChI is InChI=1S/C4H7Cl3O.Dy/c1-2-8-3-4(5,6)7;/h2-3H2,1H3;. The first-order valence-corrected chi connectivity index (χ1v) is 3.34. The van der Waals surface area contributed by atoms with Crippen molar-refractivity contribution in [2.24, 2.45) is 0 Å². The van der Waals surface area contributed by atoms with Crippen LogP contribution in [0.25, 0.3) is 0 Å².